The minimum Gasteiger partial charge on any atom is -0.351 e. The van der Waals surface area contributed by atoms with E-state index in [1.807, 2.05) is 19.1 Å². The minimum atomic E-state index is -0.591. The van der Waals surface area contributed by atoms with Gasteiger partial charge in [0.1, 0.15) is 0 Å². The molecule has 3 amide bonds. The molecule has 1 aliphatic heterocycles. The van der Waals surface area contributed by atoms with E-state index in [4.69, 9.17) is 5.73 Å². The molecule has 1 aromatic rings. The van der Waals surface area contributed by atoms with Gasteiger partial charge in [0.25, 0.3) is 0 Å². The molecule has 1 saturated heterocycles. The van der Waals surface area contributed by atoms with Crippen LogP contribution in [0.2, 0.25) is 0 Å². The number of carbonyl (C=O) groups excluding carboxylic acids is 2. The first-order valence-corrected chi connectivity index (χ1v) is 7.66. The van der Waals surface area contributed by atoms with Gasteiger partial charge < -0.3 is 21.7 Å². The van der Waals surface area contributed by atoms with E-state index < -0.39 is 6.03 Å². The fraction of sp³-hybridized carbons (Fsp3) is 0.500. The Morgan fingerprint density at radius 3 is 2.59 bits per heavy atom. The smallest absolute Gasteiger partial charge is 0.316 e. The van der Waals surface area contributed by atoms with Crippen LogP contribution in [0.4, 0.5) is 10.5 Å². The van der Waals surface area contributed by atoms with E-state index in [0.29, 0.717) is 11.6 Å². The summed E-state index contributed by atoms with van der Waals surface area (Å²) in [6.45, 7) is 5.01. The van der Waals surface area contributed by atoms with Crippen molar-refractivity contribution in [2.24, 2.45) is 11.7 Å². The van der Waals surface area contributed by atoms with Crippen molar-refractivity contribution in [3.8, 4) is 0 Å². The van der Waals surface area contributed by atoms with Gasteiger partial charge in [-0.3, -0.25) is 4.79 Å². The molecular formula is C16H24N4O2. The summed E-state index contributed by atoms with van der Waals surface area (Å²) >= 11 is 0. The number of rotatable bonds is 4. The lowest BCUT2D eigenvalue weighted by molar-refractivity contribution is -0.124. The number of anilines is 1. The number of nitrogens with two attached hydrogens (primary N) is 1. The lowest BCUT2D eigenvalue weighted by atomic mass is 9.93. The number of nitrogens with one attached hydrogen (secondary N) is 3. The molecule has 1 aromatic carbocycles. The summed E-state index contributed by atoms with van der Waals surface area (Å²) in [7, 11) is 0. The van der Waals surface area contributed by atoms with Crippen molar-refractivity contribution in [2.45, 2.75) is 38.8 Å². The van der Waals surface area contributed by atoms with Gasteiger partial charge in [-0.2, -0.15) is 0 Å². The summed E-state index contributed by atoms with van der Waals surface area (Å²) in [5.74, 6) is 0.616. The molecule has 1 aliphatic rings. The predicted octanol–water partition coefficient (Wildman–Crippen LogP) is 1.74. The van der Waals surface area contributed by atoms with Crippen molar-refractivity contribution in [3.05, 3.63) is 29.8 Å². The summed E-state index contributed by atoms with van der Waals surface area (Å²) in [6, 6.07) is 6.48. The van der Waals surface area contributed by atoms with E-state index in [1.165, 1.54) is 0 Å². The number of carbonyl (C=O) groups is 2. The second kappa shape index (κ2) is 7.26. The Labute approximate surface area is 130 Å². The number of amides is 3. The Hall–Kier alpha value is -2.08. The van der Waals surface area contributed by atoms with Crippen LogP contribution in [0.15, 0.2) is 24.3 Å². The van der Waals surface area contributed by atoms with Gasteiger partial charge in [0, 0.05) is 5.69 Å². The first kappa shape index (κ1) is 16.3. The van der Waals surface area contributed by atoms with Crippen LogP contribution in [0, 0.1) is 5.92 Å². The summed E-state index contributed by atoms with van der Waals surface area (Å²) in [6.07, 6.45) is 1.99. The number of primary amides is 1. The van der Waals surface area contributed by atoms with Crippen molar-refractivity contribution in [1.29, 1.82) is 0 Å². The summed E-state index contributed by atoms with van der Waals surface area (Å²) in [4.78, 5) is 23.1. The summed E-state index contributed by atoms with van der Waals surface area (Å²) in [5, 5.41) is 8.81. The topological polar surface area (TPSA) is 96.2 Å². The van der Waals surface area contributed by atoms with Crippen LogP contribution in [-0.4, -0.2) is 24.5 Å². The molecule has 0 aliphatic carbocycles. The van der Waals surface area contributed by atoms with E-state index in [-0.39, 0.29) is 18.0 Å². The van der Waals surface area contributed by atoms with Crippen LogP contribution >= 0.6 is 0 Å². The second-order valence-corrected chi connectivity index (χ2v) is 5.98. The number of urea groups is 1. The van der Waals surface area contributed by atoms with Crippen molar-refractivity contribution in [2.75, 3.05) is 11.9 Å². The Balaban J connectivity index is 1.92. The molecule has 22 heavy (non-hydrogen) atoms. The average molecular weight is 304 g/mol. The SMILES string of the molecule is CC1CCNC(C(=O)NC(C)c2ccc(NC(N)=O)cc2)C1. The van der Waals surface area contributed by atoms with E-state index in [2.05, 4.69) is 22.9 Å². The van der Waals surface area contributed by atoms with Crippen molar-refractivity contribution in [1.82, 2.24) is 10.6 Å². The quantitative estimate of drug-likeness (QED) is 0.682. The van der Waals surface area contributed by atoms with E-state index in [1.54, 1.807) is 12.1 Å². The van der Waals surface area contributed by atoms with Crippen molar-refractivity contribution < 1.29 is 9.59 Å². The average Bonchev–Trinajstić information content (AvgIpc) is 2.47. The highest BCUT2D eigenvalue weighted by atomic mass is 16.2. The van der Waals surface area contributed by atoms with Gasteiger partial charge >= 0.3 is 6.03 Å². The Morgan fingerprint density at radius 1 is 1.32 bits per heavy atom. The largest absolute Gasteiger partial charge is 0.351 e. The van der Waals surface area contributed by atoms with Crippen LogP contribution in [0.1, 0.15) is 38.3 Å². The van der Waals surface area contributed by atoms with Gasteiger partial charge in [-0.1, -0.05) is 19.1 Å². The molecule has 0 spiro atoms. The first-order chi connectivity index (χ1) is 10.5. The third kappa shape index (κ3) is 4.46. The number of hydrogen-bond donors (Lipinski definition) is 4. The number of hydrogen-bond acceptors (Lipinski definition) is 3. The Kier molecular flexibility index (Phi) is 5.38. The minimum absolute atomic E-state index is 0.0402. The molecule has 6 heteroatoms. The lowest BCUT2D eigenvalue weighted by Gasteiger charge is -2.28. The van der Waals surface area contributed by atoms with Gasteiger partial charge in [0.15, 0.2) is 0 Å². The zero-order valence-corrected chi connectivity index (χ0v) is 13.1. The normalized spacial score (nSPS) is 22.6. The maximum Gasteiger partial charge on any atom is 0.316 e. The van der Waals surface area contributed by atoms with Crippen LogP contribution < -0.4 is 21.7 Å². The molecule has 0 radical (unpaired) electrons. The molecular weight excluding hydrogens is 280 g/mol. The molecule has 6 nitrogen and oxygen atoms in total. The zero-order chi connectivity index (χ0) is 16.1. The maximum absolute atomic E-state index is 12.3. The Bertz CT molecular complexity index is 529. The van der Waals surface area contributed by atoms with Crippen LogP contribution in [0.3, 0.4) is 0 Å². The lowest BCUT2D eigenvalue weighted by Crippen LogP contribution is -2.48. The van der Waals surface area contributed by atoms with Crippen LogP contribution in [0.25, 0.3) is 0 Å². The molecule has 1 heterocycles. The van der Waals surface area contributed by atoms with Gasteiger partial charge in [0.2, 0.25) is 5.91 Å². The summed E-state index contributed by atoms with van der Waals surface area (Å²) in [5.41, 5.74) is 6.68. The fourth-order valence-corrected chi connectivity index (χ4v) is 2.70. The highest BCUT2D eigenvalue weighted by molar-refractivity contribution is 5.87. The van der Waals surface area contributed by atoms with E-state index in [9.17, 15) is 9.59 Å². The maximum atomic E-state index is 12.3. The van der Waals surface area contributed by atoms with Gasteiger partial charge in [-0.05, 0) is 49.9 Å². The van der Waals surface area contributed by atoms with Crippen molar-refractivity contribution in [3.63, 3.8) is 0 Å². The molecule has 5 N–H and O–H groups in total. The zero-order valence-electron chi connectivity index (χ0n) is 13.1. The monoisotopic (exact) mass is 304 g/mol. The molecule has 120 valence electrons. The number of benzene rings is 1. The molecule has 1 fully saturated rings. The first-order valence-electron chi connectivity index (χ1n) is 7.66. The molecule has 0 aromatic heterocycles. The molecule has 2 rings (SSSR count). The number of piperidine rings is 1. The van der Waals surface area contributed by atoms with E-state index >= 15 is 0 Å². The third-order valence-corrected chi connectivity index (χ3v) is 4.02. The highest BCUT2D eigenvalue weighted by Crippen LogP contribution is 2.18. The summed E-state index contributed by atoms with van der Waals surface area (Å²) < 4.78 is 0. The van der Waals surface area contributed by atoms with Gasteiger partial charge in [-0.15, -0.1) is 0 Å². The van der Waals surface area contributed by atoms with Crippen LogP contribution in [-0.2, 0) is 4.79 Å². The third-order valence-electron chi connectivity index (χ3n) is 4.02. The van der Waals surface area contributed by atoms with Crippen LogP contribution in [0.5, 0.6) is 0 Å². The molecule has 0 bridgehead atoms. The van der Waals surface area contributed by atoms with Gasteiger partial charge in [-0.25, -0.2) is 4.79 Å². The van der Waals surface area contributed by atoms with Crippen molar-refractivity contribution >= 4 is 17.6 Å². The fourth-order valence-electron chi connectivity index (χ4n) is 2.70. The molecule has 3 unspecified atom stereocenters. The Morgan fingerprint density at radius 2 is 2.00 bits per heavy atom. The van der Waals surface area contributed by atoms with E-state index in [0.717, 1.165) is 24.9 Å². The highest BCUT2D eigenvalue weighted by Gasteiger charge is 2.25. The van der Waals surface area contributed by atoms with Gasteiger partial charge in [0.05, 0.1) is 12.1 Å². The molecule has 3 atom stereocenters. The second-order valence-electron chi connectivity index (χ2n) is 5.98. The predicted molar refractivity (Wildman–Crippen MR) is 86.4 cm³/mol. The molecule has 0 saturated carbocycles. The standard InChI is InChI=1S/C16H24N4O2/c1-10-7-8-18-14(9-10)15(21)19-11(2)12-3-5-13(6-4-12)20-16(17)22/h3-6,10-11,14,18H,7-9H2,1-2H3,(H,19,21)(H3,17,20,22).